The minimum Gasteiger partial charge on any atom is -0.388 e. The Kier molecular flexibility index (Phi) is 2.65. The fourth-order valence-electron chi connectivity index (χ4n) is 1.86. The van der Waals surface area contributed by atoms with Gasteiger partial charge >= 0.3 is 0 Å². The first kappa shape index (κ1) is 8.76. The third-order valence-electron chi connectivity index (χ3n) is 2.97. The summed E-state index contributed by atoms with van der Waals surface area (Å²) < 4.78 is 0. The highest BCUT2D eigenvalue weighted by Gasteiger charge is 2.21. The molecule has 13 heavy (non-hydrogen) atoms. The molecule has 1 aromatic carbocycles. The average Bonchev–Trinajstić information content (AvgIpc) is 2.12. The summed E-state index contributed by atoms with van der Waals surface area (Å²) in [5.41, 5.74) is 1.06. The number of benzene rings is 1. The molecule has 1 aliphatic carbocycles. The smallest absolute Gasteiger partial charge is 0.0792 e. The Bertz CT molecular complexity index is 251. The van der Waals surface area contributed by atoms with Crippen molar-refractivity contribution in [1.82, 2.24) is 0 Å². The lowest BCUT2D eigenvalue weighted by molar-refractivity contribution is 0.118. The third kappa shape index (κ3) is 2.10. The molecule has 0 spiro atoms. The second-order valence-electron chi connectivity index (χ2n) is 3.96. The topological polar surface area (TPSA) is 20.2 Å². The Labute approximate surface area is 79.4 Å². The first-order chi connectivity index (χ1) is 6.36. The molecular weight excluding hydrogens is 160 g/mol. The van der Waals surface area contributed by atoms with E-state index in [1.54, 1.807) is 0 Å². The molecule has 0 heterocycles. The highest BCUT2D eigenvalue weighted by molar-refractivity contribution is 5.17. The second-order valence-corrected chi connectivity index (χ2v) is 3.96. The molecule has 1 saturated carbocycles. The van der Waals surface area contributed by atoms with Gasteiger partial charge in [0.05, 0.1) is 6.10 Å². The average molecular weight is 176 g/mol. The summed E-state index contributed by atoms with van der Waals surface area (Å²) in [5, 5.41) is 9.86. The van der Waals surface area contributed by atoms with Crippen LogP contribution in [0.4, 0.5) is 0 Å². The molecule has 1 fully saturated rings. The van der Waals surface area contributed by atoms with Crippen LogP contribution in [0.1, 0.15) is 37.4 Å². The predicted molar refractivity (Wildman–Crippen MR) is 53.4 cm³/mol. The van der Waals surface area contributed by atoms with Crippen LogP contribution in [0.2, 0.25) is 0 Å². The summed E-state index contributed by atoms with van der Waals surface area (Å²) in [6.07, 6.45) is 4.68. The van der Waals surface area contributed by atoms with E-state index in [0.717, 1.165) is 17.9 Å². The van der Waals surface area contributed by atoms with E-state index in [4.69, 9.17) is 0 Å². The largest absolute Gasteiger partial charge is 0.388 e. The van der Waals surface area contributed by atoms with E-state index >= 15 is 0 Å². The van der Waals surface area contributed by atoms with Crippen LogP contribution in [-0.2, 0) is 0 Å². The molecule has 1 aliphatic rings. The van der Waals surface area contributed by atoms with Crippen LogP contribution in [-0.4, -0.2) is 5.11 Å². The number of rotatable bonds is 3. The van der Waals surface area contributed by atoms with Gasteiger partial charge in [-0.3, -0.25) is 0 Å². The minimum atomic E-state index is -0.244. The van der Waals surface area contributed by atoms with Gasteiger partial charge in [-0.1, -0.05) is 49.6 Å². The predicted octanol–water partition coefficient (Wildman–Crippen LogP) is 2.91. The van der Waals surface area contributed by atoms with Crippen LogP contribution < -0.4 is 0 Å². The van der Waals surface area contributed by atoms with Crippen molar-refractivity contribution in [3.8, 4) is 0 Å². The molecule has 0 radical (unpaired) electrons. The minimum absolute atomic E-state index is 0.244. The van der Waals surface area contributed by atoms with Gasteiger partial charge in [-0.2, -0.15) is 0 Å². The normalized spacial score (nSPS) is 19.5. The maximum absolute atomic E-state index is 9.86. The van der Waals surface area contributed by atoms with Crippen molar-refractivity contribution >= 4 is 0 Å². The third-order valence-corrected chi connectivity index (χ3v) is 2.97. The van der Waals surface area contributed by atoms with Gasteiger partial charge in [0.15, 0.2) is 0 Å². The van der Waals surface area contributed by atoms with Crippen LogP contribution in [0.15, 0.2) is 30.3 Å². The first-order valence-corrected chi connectivity index (χ1v) is 5.09. The Hall–Kier alpha value is -0.820. The van der Waals surface area contributed by atoms with Crippen molar-refractivity contribution in [3.63, 3.8) is 0 Å². The molecule has 1 atom stereocenters. The molecule has 0 aromatic heterocycles. The van der Waals surface area contributed by atoms with Crippen LogP contribution >= 0.6 is 0 Å². The summed E-state index contributed by atoms with van der Waals surface area (Å²) in [6.45, 7) is 0. The molecule has 0 aliphatic heterocycles. The standard InChI is InChI=1S/C12H16O/c13-12(9-10-5-4-6-10)11-7-2-1-3-8-11/h1-3,7-8,10,12-13H,4-6,9H2. The van der Waals surface area contributed by atoms with Gasteiger partial charge < -0.3 is 5.11 Å². The Balaban J connectivity index is 1.92. The van der Waals surface area contributed by atoms with E-state index < -0.39 is 0 Å². The zero-order valence-corrected chi connectivity index (χ0v) is 7.82. The maximum atomic E-state index is 9.86. The van der Waals surface area contributed by atoms with Gasteiger partial charge in [0.25, 0.3) is 0 Å². The van der Waals surface area contributed by atoms with Crippen LogP contribution in [0.3, 0.4) is 0 Å². The number of hydrogen-bond donors (Lipinski definition) is 1. The molecular formula is C12H16O. The SMILES string of the molecule is OC(CC1CCC1)c1ccccc1. The van der Waals surface area contributed by atoms with Crippen molar-refractivity contribution in [2.45, 2.75) is 31.8 Å². The van der Waals surface area contributed by atoms with Gasteiger partial charge in [-0.05, 0) is 17.9 Å². The van der Waals surface area contributed by atoms with E-state index in [-0.39, 0.29) is 6.10 Å². The summed E-state index contributed by atoms with van der Waals surface area (Å²) in [4.78, 5) is 0. The summed E-state index contributed by atoms with van der Waals surface area (Å²) in [7, 11) is 0. The molecule has 1 aromatic rings. The molecule has 1 unspecified atom stereocenters. The Morgan fingerprint density at radius 3 is 2.46 bits per heavy atom. The Morgan fingerprint density at radius 2 is 1.92 bits per heavy atom. The fraction of sp³-hybridized carbons (Fsp3) is 0.500. The summed E-state index contributed by atoms with van der Waals surface area (Å²) >= 11 is 0. The molecule has 0 bridgehead atoms. The van der Waals surface area contributed by atoms with Crippen molar-refractivity contribution in [2.24, 2.45) is 5.92 Å². The van der Waals surface area contributed by atoms with Crippen molar-refractivity contribution in [1.29, 1.82) is 0 Å². The van der Waals surface area contributed by atoms with Crippen LogP contribution in [0.25, 0.3) is 0 Å². The molecule has 0 amide bonds. The fourth-order valence-corrected chi connectivity index (χ4v) is 1.86. The van der Waals surface area contributed by atoms with E-state index in [2.05, 4.69) is 0 Å². The van der Waals surface area contributed by atoms with Crippen LogP contribution in [0.5, 0.6) is 0 Å². The summed E-state index contributed by atoms with van der Waals surface area (Å²) in [6, 6.07) is 9.96. The molecule has 1 heteroatoms. The molecule has 1 nitrogen and oxygen atoms in total. The van der Waals surface area contributed by atoms with Gasteiger partial charge in [0.2, 0.25) is 0 Å². The summed E-state index contributed by atoms with van der Waals surface area (Å²) in [5.74, 6) is 0.773. The molecule has 70 valence electrons. The zero-order chi connectivity index (χ0) is 9.10. The van der Waals surface area contributed by atoms with E-state index in [1.807, 2.05) is 30.3 Å². The monoisotopic (exact) mass is 176 g/mol. The highest BCUT2D eigenvalue weighted by atomic mass is 16.3. The van der Waals surface area contributed by atoms with Crippen molar-refractivity contribution < 1.29 is 5.11 Å². The number of hydrogen-bond acceptors (Lipinski definition) is 1. The maximum Gasteiger partial charge on any atom is 0.0792 e. The van der Waals surface area contributed by atoms with Gasteiger partial charge in [-0.15, -0.1) is 0 Å². The van der Waals surface area contributed by atoms with Crippen LogP contribution in [0, 0.1) is 5.92 Å². The highest BCUT2D eigenvalue weighted by Crippen LogP contribution is 2.34. The number of aliphatic hydroxyl groups excluding tert-OH is 1. The first-order valence-electron chi connectivity index (χ1n) is 5.09. The van der Waals surface area contributed by atoms with Crippen molar-refractivity contribution in [3.05, 3.63) is 35.9 Å². The van der Waals surface area contributed by atoms with Gasteiger partial charge in [0.1, 0.15) is 0 Å². The Morgan fingerprint density at radius 1 is 1.23 bits per heavy atom. The molecule has 0 saturated heterocycles. The zero-order valence-electron chi connectivity index (χ0n) is 7.82. The lowest BCUT2D eigenvalue weighted by atomic mass is 9.80. The van der Waals surface area contributed by atoms with Gasteiger partial charge in [-0.25, -0.2) is 0 Å². The number of aliphatic hydroxyl groups is 1. The lowest BCUT2D eigenvalue weighted by Crippen LogP contribution is -2.14. The van der Waals surface area contributed by atoms with E-state index in [9.17, 15) is 5.11 Å². The van der Waals surface area contributed by atoms with E-state index in [1.165, 1.54) is 19.3 Å². The van der Waals surface area contributed by atoms with Crippen molar-refractivity contribution in [2.75, 3.05) is 0 Å². The lowest BCUT2D eigenvalue weighted by Gasteiger charge is -2.27. The van der Waals surface area contributed by atoms with Gasteiger partial charge in [0, 0.05) is 0 Å². The molecule has 1 N–H and O–H groups in total. The quantitative estimate of drug-likeness (QED) is 0.750. The molecule has 2 rings (SSSR count). The van der Waals surface area contributed by atoms with E-state index in [0.29, 0.717) is 0 Å². The second kappa shape index (κ2) is 3.93.